The molecule has 4 heterocycles. The molecule has 1 fully saturated rings. The molecule has 1 N–H and O–H groups in total. The third kappa shape index (κ3) is 2.87. The average Bonchev–Trinajstić information content (AvgIpc) is 3.31. The van der Waals surface area contributed by atoms with E-state index in [0.717, 1.165) is 12.8 Å². The van der Waals surface area contributed by atoms with Gasteiger partial charge in [-0.2, -0.15) is 0 Å². The number of pyridine rings is 1. The van der Waals surface area contributed by atoms with Crippen molar-refractivity contribution in [3.63, 3.8) is 0 Å². The Morgan fingerprint density at radius 2 is 2.08 bits per heavy atom. The molecule has 4 rings (SSSR count). The van der Waals surface area contributed by atoms with Crippen LogP contribution in [0.1, 0.15) is 44.9 Å². The highest BCUT2D eigenvalue weighted by atomic mass is 35.5. The minimum Gasteiger partial charge on any atom is -0.476 e. The van der Waals surface area contributed by atoms with Crippen LogP contribution in [-0.4, -0.2) is 42.8 Å². The van der Waals surface area contributed by atoms with Crippen molar-refractivity contribution in [1.82, 2.24) is 19.3 Å². The van der Waals surface area contributed by atoms with Gasteiger partial charge in [0.2, 0.25) is 0 Å². The first-order valence-electron chi connectivity index (χ1n) is 7.67. The van der Waals surface area contributed by atoms with Gasteiger partial charge < -0.3 is 14.4 Å². The number of carbonyl (C=O) groups is 2. The summed E-state index contributed by atoms with van der Waals surface area (Å²) in [4.78, 5) is 34.2. The van der Waals surface area contributed by atoms with Crippen molar-refractivity contribution in [2.75, 3.05) is 6.54 Å². The second-order valence-corrected chi connectivity index (χ2v) is 7.10. The monoisotopic (exact) mass is 376 g/mol. The molecule has 0 bridgehead atoms. The molecule has 25 heavy (non-hydrogen) atoms. The number of nitrogens with zero attached hydrogens (tertiary/aromatic N) is 4. The molecule has 0 spiro atoms. The van der Waals surface area contributed by atoms with E-state index in [1.54, 1.807) is 33.8 Å². The maximum Gasteiger partial charge on any atom is 0.355 e. The fraction of sp³-hybridized carbons (Fsp3) is 0.250. The number of hydrogen-bond donors (Lipinski definition) is 1. The lowest BCUT2D eigenvalue weighted by Crippen LogP contribution is -2.30. The van der Waals surface area contributed by atoms with Crippen LogP contribution in [0, 0.1) is 0 Å². The normalized spacial score (nSPS) is 17.3. The lowest BCUT2D eigenvalue weighted by atomic mass is 10.2. The zero-order chi connectivity index (χ0) is 17.6. The average molecular weight is 377 g/mol. The molecule has 0 radical (unpaired) electrons. The maximum atomic E-state index is 12.9. The molecule has 0 aromatic carbocycles. The number of fused-ring (bicyclic) bond motifs is 1. The molecular formula is C16H13ClN4O3S. The fourth-order valence-corrected chi connectivity index (χ4v) is 4.13. The van der Waals surface area contributed by atoms with Gasteiger partial charge in [-0.25, -0.2) is 14.8 Å². The van der Waals surface area contributed by atoms with Crippen molar-refractivity contribution in [2.24, 2.45) is 0 Å². The number of rotatable bonds is 3. The van der Waals surface area contributed by atoms with E-state index in [1.165, 1.54) is 16.7 Å². The molecule has 1 aliphatic heterocycles. The Morgan fingerprint density at radius 3 is 2.84 bits per heavy atom. The molecule has 1 atom stereocenters. The number of thiazole rings is 1. The Labute approximate surface area is 151 Å². The molecule has 128 valence electrons. The van der Waals surface area contributed by atoms with E-state index in [2.05, 4.69) is 9.97 Å². The van der Waals surface area contributed by atoms with Crippen LogP contribution in [0.25, 0.3) is 5.65 Å². The first kappa shape index (κ1) is 16.0. The summed E-state index contributed by atoms with van der Waals surface area (Å²) in [6.07, 6.45) is 4.96. The van der Waals surface area contributed by atoms with E-state index in [4.69, 9.17) is 16.7 Å². The van der Waals surface area contributed by atoms with Crippen molar-refractivity contribution in [2.45, 2.75) is 18.9 Å². The van der Waals surface area contributed by atoms with Crippen molar-refractivity contribution in [3.05, 3.63) is 51.3 Å². The van der Waals surface area contributed by atoms with Crippen molar-refractivity contribution in [1.29, 1.82) is 0 Å². The number of halogens is 1. The van der Waals surface area contributed by atoms with Crippen LogP contribution < -0.4 is 0 Å². The summed E-state index contributed by atoms with van der Waals surface area (Å²) in [5.74, 6) is -1.25. The number of carboxylic acids is 1. The largest absolute Gasteiger partial charge is 0.476 e. The standard InChI is InChI=1S/C16H13ClN4O3S/c17-9-3-4-13-18-10(7-20(13)6-9)15(22)21-5-1-2-12(21)14-19-11(8-25-14)16(23)24/h3-4,6-8,12H,1-2,5H2,(H,23,24)/t12-/m1/s1. The Morgan fingerprint density at radius 1 is 1.24 bits per heavy atom. The zero-order valence-corrected chi connectivity index (χ0v) is 14.5. The van der Waals surface area contributed by atoms with Gasteiger partial charge in [-0.05, 0) is 25.0 Å². The Kier molecular flexibility index (Phi) is 3.93. The molecule has 0 aliphatic carbocycles. The van der Waals surface area contributed by atoms with Crippen LogP contribution in [-0.2, 0) is 0 Å². The summed E-state index contributed by atoms with van der Waals surface area (Å²) in [5, 5.41) is 11.8. The van der Waals surface area contributed by atoms with E-state index in [1.807, 2.05) is 0 Å². The van der Waals surface area contributed by atoms with Gasteiger partial charge in [0.15, 0.2) is 5.69 Å². The molecule has 3 aromatic rings. The summed E-state index contributed by atoms with van der Waals surface area (Å²) in [5.41, 5.74) is 0.997. The molecular weight excluding hydrogens is 364 g/mol. The number of hydrogen-bond acceptors (Lipinski definition) is 5. The van der Waals surface area contributed by atoms with Crippen LogP contribution in [0.3, 0.4) is 0 Å². The molecule has 9 heteroatoms. The zero-order valence-electron chi connectivity index (χ0n) is 12.9. The van der Waals surface area contributed by atoms with Crippen molar-refractivity contribution >= 4 is 40.5 Å². The van der Waals surface area contributed by atoms with Crippen molar-refractivity contribution < 1.29 is 14.7 Å². The summed E-state index contributed by atoms with van der Waals surface area (Å²) < 4.78 is 1.71. The number of likely N-dealkylation sites (tertiary alicyclic amines) is 1. The van der Waals surface area contributed by atoms with Gasteiger partial charge in [-0.15, -0.1) is 11.3 Å². The summed E-state index contributed by atoms with van der Waals surface area (Å²) in [6, 6.07) is 3.26. The molecule has 7 nitrogen and oxygen atoms in total. The van der Waals surface area contributed by atoms with Crippen LogP contribution in [0.5, 0.6) is 0 Å². The summed E-state index contributed by atoms with van der Waals surface area (Å²) in [7, 11) is 0. The highest BCUT2D eigenvalue weighted by molar-refractivity contribution is 7.09. The van der Waals surface area contributed by atoms with E-state index in [0.29, 0.717) is 27.9 Å². The third-order valence-corrected chi connectivity index (χ3v) is 5.34. The van der Waals surface area contributed by atoms with Crippen LogP contribution >= 0.6 is 22.9 Å². The van der Waals surface area contributed by atoms with Gasteiger partial charge in [-0.1, -0.05) is 11.6 Å². The molecule has 0 unspecified atom stereocenters. The minimum atomic E-state index is -1.06. The molecule has 1 amide bonds. The first-order valence-corrected chi connectivity index (χ1v) is 8.92. The fourth-order valence-electron chi connectivity index (χ4n) is 3.02. The topological polar surface area (TPSA) is 87.8 Å². The SMILES string of the molecule is O=C(O)c1csc([C@H]2CCCN2C(=O)c2cn3cc(Cl)ccc3n2)n1. The number of imidazole rings is 1. The lowest BCUT2D eigenvalue weighted by molar-refractivity contribution is 0.0691. The summed E-state index contributed by atoms with van der Waals surface area (Å²) >= 11 is 7.24. The molecule has 1 aliphatic rings. The van der Waals surface area contributed by atoms with Crippen LogP contribution in [0.4, 0.5) is 0 Å². The molecule has 1 saturated heterocycles. The van der Waals surface area contributed by atoms with E-state index < -0.39 is 5.97 Å². The van der Waals surface area contributed by atoms with Crippen LogP contribution in [0.2, 0.25) is 5.02 Å². The van der Waals surface area contributed by atoms with Gasteiger partial charge >= 0.3 is 5.97 Å². The number of aromatic nitrogens is 3. The molecule has 0 saturated carbocycles. The highest BCUT2D eigenvalue weighted by Crippen LogP contribution is 2.34. The maximum absolute atomic E-state index is 12.9. The lowest BCUT2D eigenvalue weighted by Gasteiger charge is -2.22. The Balaban J connectivity index is 1.64. The quantitative estimate of drug-likeness (QED) is 0.758. The second kappa shape index (κ2) is 6.12. The highest BCUT2D eigenvalue weighted by Gasteiger charge is 2.34. The predicted molar refractivity (Wildman–Crippen MR) is 92.3 cm³/mol. The Hall–Kier alpha value is -2.45. The smallest absolute Gasteiger partial charge is 0.355 e. The second-order valence-electron chi connectivity index (χ2n) is 5.77. The minimum absolute atomic E-state index is 0.0154. The third-order valence-electron chi connectivity index (χ3n) is 4.17. The van der Waals surface area contributed by atoms with E-state index >= 15 is 0 Å². The predicted octanol–water partition coefficient (Wildman–Crippen LogP) is 3.12. The van der Waals surface area contributed by atoms with Gasteiger partial charge in [0.25, 0.3) is 5.91 Å². The van der Waals surface area contributed by atoms with Gasteiger partial charge in [0, 0.05) is 24.3 Å². The van der Waals surface area contributed by atoms with E-state index in [-0.39, 0.29) is 17.6 Å². The molecule has 3 aromatic heterocycles. The van der Waals surface area contributed by atoms with E-state index in [9.17, 15) is 9.59 Å². The van der Waals surface area contributed by atoms with Gasteiger partial charge in [0.1, 0.15) is 16.3 Å². The summed E-state index contributed by atoms with van der Waals surface area (Å²) in [6.45, 7) is 0.597. The number of carbonyl (C=O) groups excluding carboxylic acids is 1. The van der Waals surface area contributed by atoms with Gasteiger partial charge in [-0.3, -0.25) is 4.79 Å². The number of aromatic carboxylic acids is 1. The van der Waals surface area contributed by atoms with Crippen molar-refractivity contribution in [3.8, 4) is 0 Å². The first-order chi connectivity index (χ1) is 12.0. The number of carboxylic acid groups (broad SMARTS) is 1. The van der Waals surface area contributed by atoms with Gasteiger partial charge in [0.05, 0.1) is 11.1 Å². The number of amides is 1. The Bertz CT molecular complexity index is 983. The van der Waals surface area contributed by atoms with Crippen LogP contribution in [0.15, 0.2) is 29.9 Å².